The summed E-state index contributed by atoms with van der Waals surface area (Å²) in [6.07, 6.45) is 2.81. The predicted molar refractivity (Wildman–Crippen MR) is 65.8 cm³/mol. The first-order chi connectivity index (χ1) is 7.76. The third-order valence-corrected chi connectivity index (χ3v) is 2.25. The number of aromatic nitrogens is 2. The maximum absolute atomic E-state index is 4.94. The van der Waals surface area contributed by atoms with Crippen molar-refractivity contribution < 1.29 is 4.74 Å². The zero-order chi connectivity index (χ0) is 11.8. The maximum Gasteiger partial charge on any atom is 0.224 e. The third-order valence-electron chi connectivity index (χ3n) is 2.25. The van der Waals surface area contributed by atoms with E-state index in [9.17, 15) is 0 Å². The van der Waals surface area contributed by atoms with Gasteiger partial charge >= 0.3 is 0 Å². The van der Waals surface area contributed by atoms with Gasteiger partial charge in [0.1, 0.15) is 5.82 Å². The molecule has 5 nitrogen and oxygen atoms in total. The minimum atomic E-state index is 0.418. The monoisotopic (exact) mass is 224 g/mol. The first-order valence-corrected chi connectivity index (χ1v) is 5.58. The normalized spacial score (nSPS) is 12.2. The molecule has 0 amide bonds. The van der Waals surface area contributed by atoms with Gasteiger partial charge in [-0.25, -0.2) is 4.98 Å². The molecule has 0 aliphatic carbocycles. The smallest absolute Gasteiger partial charge is 0.224 e. The molecule has 1 aromatic rings. The average molecular weight is 224 g/mol. The Kier molecular flexibility index (Phi) is 5.56. The molecular formula is C11H20N4O. The van der Waals surface area contributed by atoms with Crippen LogP contribution in [0.15, 0.2) is 12.3 Å². The molecule has 90 valence electrons. The van der Waals surface area contributed by atoms with Crippen molar-refractivity contribution in [3.8, 4) is 0 Å². The molecule has 0 spiro atoms. The van der Waals surface area contributed by atoms with Gasteiger partial charge in [-0.2, -0.15) is 4.98 Å². The molecule has 16 heavy (non-hydrogen) atoms. The Bertz CT molecular complexity index is 306. The zero-order valence-corrected chi connectivity index (χ0v) is 10.2. The van der Waals surface area contributed by atoms with Crippen molar-refractivity contribution in [3.63, 3.8) is 0 Å². The van der Waals surface area contributed by atoms with Crippen LogP contribution in [0.5, 0.6) is 0 Å². The highest BCUT2D eigenvalue weighted by atomic mass is 16.5. The standard InChI is InChI=1S/C11H20N4O/c1-4-9(2)14-10-5-6-12-11(15-10)13-7-8-16-3/h5-6,9H,4,7-8H2,1-3H3,(H2,12,13,14,15). The van der Waals surface area contributed by atoms with Crippen molar-refractivity contribution in [2.45, 2.75) is 26.3 Å². The Labute approximate surface area is 96.6 Å². The predicted octanol–water partition coefficient (Wildman–Crippen LogP) is 1.75. The van der Waals surface area contributed by atoms with Crippen LogP contribution < -0.4 is 10.6 Å². The highest BCUT2D eigenvalue weighted by Gasteiger charge is 2.01. The van der Waals surface area contributed by atoms with E-state index in [1.165, 1.54) is 0 Å². The lowest BCUT2D eigenvalue weighted by atomic mass is 10.2. The highest BCUT2D eigenvalue weighted by Crippen LogP contribution is 2.07. The summed E-state index contributed by atoms with van der Waals surface area (Å²) in [5.74, 6) is 1.48. The van der Waals surface area contributed by atoms with Crippen LogP contribution in [-0.4, -0.2) is 36.3 Å². The van der Waals surface area contributed by atoms with Crippen molar-refractivity contribution in [3.05, 3.63) is 12.3 Å². The van der Waals surface area contributed by atoms with Crippen molar-refractivity contribution in [1.82, 2.24) is 9.97 Å². The number of ether oxygens (including phenoxy) is 1. The number of nitrogens with zero attached hydrogens (tertiary/aromatic N) is 2. The fraction of sp³-hybridized carbons (Fsp3) is 0.636. The summed E-state index contributed by atoms with van der Waals surface area (Å²) in [7, 11) is 1.67. The van der Waals surface area contributed by atoms with E-state index in [0.29, 0.717) is 25.1 Å². The van der Waals surface area contributed by atoms with Gasteiger partial charge in [-0.1, -0.05) is 6.92 Å². The largest absolute Gasteiger partial charge is 0.383 e. The second kappa shape index (κ2) is 7.00. The van der Waals surface area contributed by atoms with Crippen molar-refractivity contribution in [1.29, 1.82) is 0 Å². The topological polar surface area (TPSA) is 59.1 Å². The van der Waals surface area contributed by atoms with Gasteiger partial charge in [-0.05, 0) is 19.4 Å². The highest BCUT2D eigenvalue weighted by molar-refractivity contribution is 5.40. The Morgan fingerprint density at radius 1 is 1.50 bits per heavy atom. The Morgan fingerprint density at radius 3 is 3.00 bits per heavy atom. The molecular weight excluding hydrogens is 204 g/mol. The molecule has 1 rings (SSSR count). The molecule has 0 radical (unpaired) electrons. The van der Waals surface area contributed by atoms with E-state index in [1.807, 2.05) is 6.07 Å². The van der Waals surface area contributed by atoms with Crippen LogP contribution >= 0.6 is 0 Å². The lowest BCUT2D eigenvalue weighted by molar-refractivity contribution is 0.210. The molecule has 0 aromatic carbocycles. The average Bonchev–Trinajstić information content (AvgIpc) is 2.30. The maximum atomic E-state index is 4.94. The Hall–Kier alpha value is -1.36. The first kappa shape index (κ1) is 12.7. The van der Waals surface area contributed by atoms with Gasteiger partial charge < -0.3 is 15.4 Å². The Balaban J connectivity index is 2.50. The zero-order valence-electron chi connectivity index (χ0n) is 10.2. The van der Waals surface area contributed by atoms with Gasteiger partial charge in [0.25, 0.3) is 0 Å². The molecule has 2 N–H and O–H groups in total. The van der Waals surface area contributed by atoms with Crippen LogP contribution in [0.1, 0.15) is 20.3 Å². The number of nitrogens with one attached hydrogen (secondary N) is 2. The minimum Gasteiger partial charge on any atom is -0.383 e. The number of rotatable bonds is 7. The third kappa shape index (κ3) is 4.44. The fourth-order valence-electron chi connectivity index (χ4n) is 1.14. The molecule has 0 saturated heterocycles. The van der Waals surface area contributed by atoms with Crippen molar-refractivity contribution in [2.24, 2.45) is 0 Å². The number of hydrogen-bond acceptors (Lipinski definition) is 5. The molecule has 0 bridgehead atoms. The van der Waals surface area contributed by atoms with E-state index < -0.39 is 0 Å². The summed E-state index contributed by atoms with van der Waals surface area (Å²) in [5, 5.41) is 6.39. The summed E-state index contributed by atoms with van der Waals surface area (Å²) in [6.45, 7) is 5.62. The summed E-state index contributed by atoms with van der Waals surface area (Å²) < 4.78 is 4.94. The lowest BCUT2D eigenvalue weighted by Gasteiger charge is -2.12. The van der Waals surface area contributed by atoms with Gasteiger partial charge in [0.15, 0.2) is 0 Å². The van der Waals surface area contributed by atoms with Crippen molar-refractivity contribution in [2.75, 3.05) is 30.9 Å². The second-order valence-electron chi connectivity index (χ2n) is 3.64. The lowest BCUT2D eigenvalue weighted by Crippen LogP contribution is -2.16. The Morgan fingerprint density at radius 2 is 2.31 bits per heavy atom. The van der Waals surface area contributed by atoms with E-state index in [1.54, 1.807) is 13.3 Å². The fourth-order valence-corrected chi connectivity index (χ4v) is 1.14. The summed E-state index contributed by atoms with van der Waals surface area (Å²) >= 11 is 0. The first-order valence-electron chi connectivity index (χ1n) is 5.58. The van der Waals surface area contributed by atoms with Crippen LogP contribution in [0, 0.1) is 0 Å². The molecule has 0 aliphatic rings. The molecule has 0 aliphatic heterocycles. The quantitative estimate of drug-likeness (QED) is 0.691. The van der Waals surface area contributed by atoms with Gasteiger partial charge in [-0.3, -0.25) is 0 Å². The molecule has 1 atom stereocenters. The SMILES string of the molecule is CCC(C)Nc1ccnc(NCCOC)n1. The minimum absolute atomic E-state index is 0.418. The van der Waals surface area contributed by atoms with Crippen LogP contribution in [0.25, 0.3) is 0 Å². The summed E-state index contributed by atoms with van der Waals surface area (Å²) in [6, 6.07) is 2.29. The van der Waals surface area contributed by atoms with Crippen LogP contribution in [0.2, 0.25) is 0 Å². The van der Waals surface area contributed by atoms with E-state index in [4.69, 9.17) is 4.74 Å². The molecule has 0 fully saturated rings. The van der Waals surface area contributed by atoms with Crippen LogP contribution in [-0.2, 0) is 4.74 Å². The number of hydrogen-bond donors (Lipinski definition) is 2. The molecule has 5 heteroatoms. The summed E-state index contributed by atoms with van der Waals surface area (Å²) in [4.78, 5) is 8.47. The van der Waals surface area contributed by atoms with Gasteiger partial charge in [0.05, 0.1) is 6.61 Å². The van der Waals surface area contributed by atoms with Crippen LogP contribution in [0.3, 0.4) is 0 Å². The van der Waals surface area contributed by atoms with Gasteiger partial charge in [-0.15, -0.1) is 0 Å². The molecule has 1 unspecified atom stereocenters. The van der Waals surface area contributed by atoms with Crippen molar-refractivity contribution >= 4 is 11.8 Å². The summed E-state index contributed by atoms with van der Waals surface area (Å²) in [5.41, 5.74) is 0. The number of anilines is 2. The van der Waals surface area contributed by atoms with E-state index in [2.05, 4.69) is 34.4 Å². The van der Waals surface area contributed by atoms with Gasteiger partial charge in [0, 0.05) is 25.9 Å². The van der Waals surface area contributed by atoms with E-state index >= 15 is 0 Å². The second-order valence-corrected chi connectivity index (χ2v) is 3.64. The molecule has 1 aromatic heterocycles. The molecule has 0 saturated carbocycles. The van der Waals surface area contributed by atoms with Crippen LogP contribution in [0.4, 0.5) is 11.8 Å². The van der Waals surface area contributed by atoms with E-state index in [-0.39, 0.29) is 0 Å². The number of methoxy groups -OCH3 is 1. The molecule has 1 heterocycles. The van der Waals surface area contributed by atoms with Gasteiger partial charge in [0.2, 0.25) is 5.95 Å². The van der Waals surface area contributed by atoms with E-state index in [0.717, 1.165) is 12.2 Å².